The van der Waals surface area contributed by atoms with Crippen LogP contribution in [-0.4, -0.2) is 18.2 Å². The predicted octanol–water partition coefficient (Wildman–Crippen LogP) is 4.18. The van der Waals surface area contributed by atoms with Crippen molar-refractivity contribution < 1.29 is 4.79 Å². The molecule has 0 bridgehead atoms. The Bertz CT molecular complexity index is 557. The first-order valence-electron chi connectivity index (χ1n) is 6.36. The first kappa shape index (κ1) is 15.4. The molecule has 2 nitrogen and oxygen atoms in total. The van der Waals surface area contributed by atoms with Gasteiger partial charge in [-0.3, -0.25) is 4.79 Å². The van der Waals surface area contributed by atoms with Crippen LogP contribution in [0.3, 0.4) is 0 Å². The Balaban J connectivity index is 1.61. The first-order valence-corrected chi connectivity index (χ1v) is 9.27. The predicted molar refractivity (Wildman–Crippen MR) is 91.6 cm³/mol. The van der Waals surface area contributed by atoms with E-state index in [4.69, 9.17) is 0 Å². The normalized spacial score (nSPS) is 11.1. The molecule has 5 heteroatoms. The number of thiophene rings is 2. The van der Waals surface area contributed by atoms with Crippen molar-refractivity contribution >= 4 is 46.4 Å². The molecule has 0 atom stereocenters. The van der Waals surface area contributed by atoms with E-state index in [9.17, 15) is 4.79 Å². The van der Waals surface area contributed by atoms with E-state index in [1.165, 1.54) is 10.4 Å². The molecule has 1 N–H and O–H groups in total. The van der Waals surface area contributed by atoms with E-state index < -0.39 is 0 Å². The molecule has 0 aromatic carbocycles. The smallest absolute Gasteiger partial charge is 0.244 e. The SMILES string of the molecule is Cc1ccsc1/C=C/C(=O)NCCSCc1cccs1. The molecule has 2 aromatic heterocycles. The van der Waals surface area contributed by atoms with Gasteiger partial charge in [0, 0.05) is 33.9 Å². The van der Waals surface area contributed by atoms with Crippen LogP contribution in [0.2, 0.25) is 0 Å². The fourth-order valence-corrected chi connectivity index (χ4v) is 4.10. The van der Waals surface area contributed by atoms with E-state index in [1.54, 1.807) is 28.7 Å². The summed E-state index contributed by atoms with van der Waals surface area (Å²) in [5.41, 5.74) is 1.21. The molecule has 0 aliphatic rings. The van der Waals surface area contributed by atoms with Gasteiger partial charge in [-0.15, -0.1) is 22.7 Å². The summed E-state index contributed by atoms with van der Waals surface area (Å²) in [5, 5.41) is 7.03. The lowest BCUT2D eigenvalue weighted by atomic mass is 10.3. The van der Waals surface area contributed by atoms with Gasteiger partial charge in [0.25, 0.3) is 0 Å². The van der Waals surface area contributed by atoms with Crippen LogP contribution >= 0.6 is 34.4 Å². The molecule has 0 aliphatic carbocycles. The van der Waals surface area contributed by atoms with Crippen molar-refractivity contribution in [2.24, 2.45) is 0 Å². The molecule has 0 saturated carbocycles. The summed E-state index contributed by atoms with van der Waals surface area (Å²) in [6, 6.07) is 6.27. The van der Waals surface area contributed by atoms with Crippen molar-refractivity contribution in [3.8, 4) is 0 Å². The Morgan fingerprint density at radius 1 is 1.35 bits per heavy atom. The highest BCUT2D eigenvalue weighted by Gasteiger charge is 1.98. The van der Waals surface area contributed by atoms with Gasteiger partial charge in [0.2, 0.25) is 5.91 Å². The third kappa shape index (κ3) is 5.15. The highest BCUT2D eigenvalue weighted by Crippen LogP contribution is 2.17. The quantitative estimate of drug-likeness (QED) is 0.612. The van der Waals surface area contributed by atoms with E-state index in [2.05, 4.69) is 35.8 Å². The molecule has 0 spiro atoms. The summed E-state index contributed by atoms with van der Waals surface area (Å²) < 4.78 is 0. The standard InChI is InChI=1S/C15H17NOS3/c1-12-6-9-20-14(12)4-5-15(17)16-7-10-18-11-13-3-2-8-19-13/h2-6,8-9H,7,10-11H2,1H3,(H,16,17)/b5-4+. The number of hydrogen-bond acceptors (Lipinski definition) is 4. The Labute approximate surface area is 131 Å². The van der Waals surface area contributed by atoms with Crippen molar-refractivity contribution in [2.45, 2.75) is 12.7 Å². The molecule has 0 radical (unpaired) electrons. The third-order valence-electron chi connectivity index (χ3n) is 2.66. The average Bonchev–Trinajstić information content (AvgIpc) is 3.08. The van der Waals surface area contributed by atoms with Crippen molar-refractivity contribution in [1.82, 2.24) is 5.32 Å². The zero-order chi connectivity index (χ0) is 14.2. The Hall–Kier alpha value is -1.04. The second kappa shape index (κ2) is 8.29. The second-order valence-corrected chi connectivity index (χ2v) is 7.31. The van der Waals surface area contributed by atoms with Gasteiger partial charge >= 0.3 is 0 Å². The fourth-order valence-electron chi connectivity index (χ4n) is 1.58. The number of nitrogens with one attached hydrogen (secondary N) is 1. The van der Waals surface area contributed by atoms with Gasteiger partial charge in [0.15, 0.2) is 0 Å². The largest absolute Gasteiger partial charge is 0.352 e. The minimum Gasteiger partial charge on any atom is -0.352 e. The van der Waals surface area contributed by atoms with Gasteiger partial charge in [-0.1, -0.05) is 6.07 Å². The molecule has 20 heavy (non-hydrogen) atoms. The van der Waals surface area contributed by atoms with Crippen molar-refractivity contribution in [3.05, 3.63) is 50.4 Å². The lowest BCUT2D eigenvalue weighted by molar-refractivity contribution is -0.116. The number of carbonyl (C=O) groups excluding carboxylic acids is 1. The number of carbonyl (C=O) groups is 1. The van der Waals surface area contributed by atoms with Crippen LogP contribution in [0.25, 0.3) is 6.08 Å². The van der Waals surface area contributed by atoms with Gasteiger partial charge < -0.3 is 5.32 Å². The average molecular weight is 324 g/mol. The minimum atomic E-state index is -0.0190. The van der Waals surface area contributed by atoms with E-state index in [1.807, 2.05) is 23.2 Å². The molecule has 0 unspecified atom stereocenters. The van der Waals surface area contributed by atoms with Crippen LogP contribution in [0.5, 0.6) is 0 Å². The number of aryl methyl sites for hydroxylation is 1. The Morgan fingerprint density at radius 3 is 2.95 bits per heavy atom. The second-order valence-electron chi connectivity index (χ2n) is 4.22. The molecule has 2 aromatic rings. The topological polar surface area (TPSA) is 29.1 Å². The van der Waals surface area contributed by atoms with Gasteiger partial charge in [-0.05, 0) is 41.5 Å². The van der Waals surface area contributed by atoms with Crippen molar-refractivity contribution in [3.63, 3.8) is 0 Å². The third-order valence-corrected chi connectivity index (χ3v) is 5.71. The molecule has 0 aliphatic heterocycles. The van der Waals surface area contributed by atoms with Gasteiger partial charge in [0.05, 0.1) is 0 Å². The molecule has 2 rings (SSSR count). The van der Waals surface area contributed by atoms with Gasteiger partial charge in [-0.25, -0.2) is 0 Å². The number of rotatable bonds is 7. The van der Waals surface area contributed by atoms with Crippen molar-refractivity contribution in [2.75, 3.05) is 12.3 Å². The van der Waals surface area contributed by atoms with Crippen LogP contribution in [0.1, 0.15) is 15.3 Å². The first-order chi connectivity index (χ1) is 9.75. The Morgan fingerprint density at radius 2 is 2.25 bits per heavy atom. The van der Waals surface area contributed by atoms with Crippen molar-refractivity contribution in [1.29, 1.82) is 0 Å². The van der Waals surface area contributed by atoms with E-state index >= 15 is 0 Å². The maximum atomic E-state index is 11.6. The molecule has 0 fully saturated rings. The lowest BCUT2D eigenvalue weighted by Crippen LogP contribution is -2.23. The summed E-state index contributed by atoms with van der Waals surface area (Å²) in [4.78, 5) is 14.2. The highest BCUT2D eigenvalue weighted by molar-refractivity contribution is 7.98. The number of hydrogen-bond donors (Lipinski definition) is 1. The molecule has 1 amide bonds. The molecular formula is C15H17NOS3. The lowest BCUT2D eigenvalue weighted by Gasteiger charge is -2.01. The fraction of sp³-hybridized carbons (Fsp3) is 0.267. The van der Waals surface area contributed by atoms with E-state index in [-0.39, 0.29) is 5.91 Å². The van der Waals surface area contributed by atoms with E-state index in [0.717, 1.165) is 16.4 Å². The number of thioether (sulfide) groups is 1. The van der Waals surface area contributed by atoms with Crippen LogP contribution in [0.15, 0.2) is 35.0 Å². The summed E-state index contributed by atoms with van der Waals surface area (Å²) in [6.45, 7) is 2.76. The van der Waals surface area contributed by atoms with Crippen LogP contribution in [0, 0.1) is 6.92 Å². The minimum absolute atomic E-state index is 0.0190. The molecule has 106 valence electrons. The van der Waals surface area contributed by atoms with Gasteiger partial charge in [0.1, 0.15) is 0 Å². The zero-order valence-corrected chi connectivity index (χ0v) is 13.7. The zero-order valence-electron chi connectivity index (χ0n) is 11.3. The summed E-state index contributed by atoms with van der Waals surface area (Å²) >= 11 is 5.27. The van der Waals surface area contributed by atoms with Crippen LogP contribution in [-0.2, 0) is 10.5 Å². The monoisotopic (exact) mass is 323 g/mol. The maximum absolute atomic E-state index is 11.6. The summed E-state index contributed by atoms with van der Waals surface area (Å²) in [6.07, 6.45) is 3.50. The van der Waals surface area contributed by atoms with Gasteiger partial charge in [-0.2, -0.15) is 11.8 Å². The molecular weight excluding hydrogens is 306 g/mol. The van der Waals surface area contributed by atoms with Crippen LogP contribution < -0.4 is 5.32 Å². The number of amides is 1. The van der Waals surface area contributed by atoms with Crippen LogP contribution in [0.4, 0.5) is 0 Å². The molecule has 2 heterocycles. The van der Waals surface area contributed by atoms with E-state index in [0.29, 0.717) is 6.54 Å². The Kier molecular flexibility index (Phi) is 6.36. The highest BCUT2D eigenvalue weighted by atomic mass is 32.2. The summed E-state index contributed by atoms with van der Waals surface area (Å²) in [7, 11) is 0. The maximum Gasteiger partial charge on any atom is 0.244 e. The summed E-state index contributed by atoms with van der Waals surface area (Å²) in [5.74, 6) is 1.95. The molecule has 0 saturated heterocycles.